The lowest BCUT2D eigenvalue weighted by Crippen LogP contribution is -2.13. The molecule has 2 amide bonds. The molecule has 0 aliphatic carbocycles. The number of carbonyl (C=O) groups is 2. The number of benzene rings is 2. The molecular weight excluding hydrogens is 476 g/mol. The molecule has 0 atom stereocenters. The zero-order valence-corrected chi connectivity index (χ0v) is 20.5. The van der Waals surface area contributed by atoms with E-state index in [1.807, 2.05) is 13.0 Å². The van der Waals surface area contributed by atoms with Gasteiger partial charge in [-0.1, -0.05) is 29.2 Å². The fourth-order valence-electron chi connectivity index (χ4n) is 2.72. The molecule has 0 unspecified atom stereocenters. The largest absolute Gasteiger partial charge is 0.494 e. The molecule has 0 aliphatic heterocycles. The first-order valence-corrected chi connectivity index (χ1v) is 12.0. The molecule has 2 N–H and O–H groups in total. The lowest BCUT2D eigenvalue weighted by Gasteiger charge is -2.07. The maximum absolute atomic E-state index is 12.2. The Bertz CT molecular complexity index is 1150. The Hall–Kier alpha value is -3.57. The van der Waals surface area contributed by atoms with Crippen molar-refractivity contribution in [2.75, 3.05) is 37.2 Å². The van der Waals surface area contributed by atoms with Crippen LogP contribution in [0.25, 0.3) is 6.08 Å². The molecule has 0 bridgehead atoms. The first-order chi connectivity index (χ1) is 16.5. The van der Waals surface area contributed by atoms with Gasteiger partial charge in [-0.15, -0.1) is 10.2 Å². The number of rotatable bonds is 11. The summed E-state index contributed by atoms with van der Waals surface area (Å²) in [6.45, 7) is 2.49. The third kappa shape index (κ3) is 7.49. The van der Waals surface area contributed by atoms with E-state index in [4.69, 9.17) is 14.2 Å². The van der Waals surface area contributed by atoms with Gasteiger partial charge in [0.2, 0.25) is 16.9 Å². The second-order valence-corrected chi connectivity index (χ2v) is 8.80. The molecule has 0 spiro atoms. The molecule has 11 heteroatoms. The van der Waals surface area contributed by atoms with Crippen molar-refractivity contribution in [3.63, 3.8) is 0 Å². The van der Waals surface area contributed by atoms with Crippen LogP contribution in [-0.2, 0) is 9.59 Å². The predicted molar refractivity (Wildman–Crippen MR) is 134 cm³/mol. The van der Waals surface area contributed by atoms with E-state index < -0.39 is 0 Å². The minimum atomic E-state index is -0.351. The topological polar surface area (TPSA) is 112 Å². The van der Waals surface area contributed by atoms with Gasteiger partial charge in [0.05, 0.1) is 26.6 Å². The highest BCUT2D eigenvalue weighted by molar-refractivity contribution is 8.01. The SMILES string of the molecule is CCOc1ccc(NC(=O)CSc2nnc(NC(=O)/C=C/c3ccc(OC)c(OC)c3)s2)cc1. The highest BCUT2D eigenvalue weighted by Gasteiger charge is 2.10. The third-order valence-electron chi connectivity index (χ3n) is 4.25. The molecule has 0 radical (unpaired) electrons. The Labute approximate surface area is 205 Å². The number of amides is 2. The summed E-state index contributed by atoms with van der Waals surface area (Å²) in [6.07, 6.45) is 3.04. The van der Waals surface area contributed by atoms with Crippen molar-refractivity contribution in [3.05, 3.63) is 54.1 Å². The molecule has 1 heterocycles. The second-order valence-electron chi connectivity index (χ2n) is 6.60. The minimum absolute atomic E-state index is 0.162. The number of nitrogens with zero attached hydrogens (tertiary/aromatic N) is 2. The number of nitrogens with one attached hydrogen (secondary N) is 2. The molecule has 3 rings (SSSR count). The third-order valence-corrected chi connectivity index (χ3v) is 6.22. The molecule has 3 aromatic rings. The van der Waals surface area contributed by atoms with Crippen molar-refractivity contribution in [1.29, 1.82) is 0 Å². The van der Waals surface area contributed by atoms with Crippen LogP contribution in [0.3, 0.4) is 0 Å². The number of aromatic nitrogens is 2. The second kappa shape index (κ2) is 12.6. The maximum atomic E-state index is 12.2. The van der Waals surface area contributed by atoms with E-state index in [1.54, 1.807) is 56.7 Å². The Morgan fingerprint density at radius 3 is 2.50 bits per heavy atom. The maximum Gasteiger partial charge on any atom is 0.250 e. The summed E-state index contributed by atoms with van der Waals surface area (Å²) in [4.78, 5) is 24.4. The van der Waals surface area contributed by atoms with Crippen LogP contribution in [0.1, 0.15) is 12.5 Å². The van der Waals surface area contributed by atoms with Gasteiger partial charge in [0, 0.05) is 11.8 Å². The van der Waals surface area contributed by atoms with Gasteiger partial charge in [0.25, 0.3) is 0 Å². The van der Waals surface area contributed by atoms with Crippen LogP contribution in [-0.4, -0.2) is 48.6 Å². The number of thioether (sulfide) groups is 1. The zero-order chi connectivity index (χ0) is 24.3. The number of carbonyl (C=O) groups excluding carboxylic acids is 2. The highest BCUT2D eigenvalue weighted by atomic mass is 32.2. The van der Waals surface area contributed by atoms with Crippen molar-refractivity contribution in [1.82, 2.24) is 10.2 Å². The van der Waals surface area contributed by atoms with Gasteiger partial charge >= 0.3 is 0 Å². The zero-order valence-electron chi connectivity index (χ0n) is 18.9. The molecule has 1 aromatic heterocycles. The Morgan fingerprint density at radius 2 is 1.79 bits per heavy atom. The van der Waals surface area contributed by atoms with E-state index in [0.717, 1.165) is 11.3 Å². The van der Waals surface area contributed by atoms with Gasteiger partial charge in [0.1, 0.15) is 5.75 Å². The van der Waals surface area contributed by atoms with Gasteiger partial charge < -0.3 is 19.5 Å². The Balaban J connectivity index is 1.47. The number of anilines is 2. The Morgan fingerprint density at radius 1 is 1.03 bits per heavy atom. The summed E-state index contributed by atoms with van der Waals surface area (Å²) in [7, 11) is 3.11. The summed E-state index contributed by atoms with van der Waals surface area (Å²) in [5, 5.41) is 13.8. The monoisotopic (exact) mass is 500 g/mol. The highest BCUT2D eigenvalue weighted by Crippen LogP contribution is 2.28. The first kappa shape index (κ1) is 25.1. The summed E-state index contributed by atoms with van der Waals surface area (Å²) in [6, 6.07) is 12.5. The van der Waals surface area contributed by atoms with E-state index in [2.05, 4.69) is 20.8 Å². The minimum Gasteiger partial charge on any atom is -0.494 e. The number of methoxy groups -OCH3 is 2. The average molecular weight is 501 g/mol. The van der Waals surface area contributed by atoms with Crippen LogP contribution < -0.4 is 24.8 Å². The van der Waals surface area contributed by atoms with Gasteiger partial charge in [-0.2, -0.15) is 0 Å². The number of ether oxygens (including phenoxy) is 3. The molecule has 0 saturated heterocycles. The fourth-order valence-corrected chi connectivity index (χ4v) is 4.27. The smallest absolute Gasteiger partial charge is 0.250 e. The molecule has 34 heavy (non-hydrogen) atoms. The van der Waals surface area contributed by atoms with Crippen LogP contribution in [0.15, 0.2) is 52.9 Å². The van der Waals surface area contributed by atoms with Crippen molar-refractivity contribution >= 4 is 51.8 Å². The molecule has 2 aromatic carbocycles. The number of hydrogen-bond acceptors (Lipinski definition) is 9. The summed E-state index contributed by atoms with van der Waals surface area (Å²) < 4.78 is 16.4. The molecule has 0 saturated carbocycles. The van der Waals surface area contributed by atoms with Crippen LogP contribution >= 0.6 is 23.1 Å². The van der Waals surface area contributed by atoms with Crippen LogP contribution in [0.2, 0.25) is 0 Å². The van der Waals surface area contributed by atoms with E-state index in [-0.39, 0.29) is 17.6 Å². The van der Waals surface area contributed by atoms with E-state index in [0.29, 0.717) is 33.3 Å². The van der Waals surface area contributed by atoms with Gasteiger partial charge in [-0.25, -0.2) is 0 Å². The molecule has 9 nitrogen and oxygen atoms in total. The van der Waals surface area contributed by atoms with Gasteiger partial charge in [0.15, 0.2) is 15.8 Å². The quantitative estimate of drug-likeness (QED) is 0.227. The Kier molecular flexibility index (Phi) is 9.30. The predicted octanol–water partition coefficient (Wildman–Crippen LogP) is 4.34. The summed E-state index contributed by atoms with van der Waals surface area (Å²) >= 11 is 2.43. The first-order valence-electron chi connectivity index (χ1n) is 10.2. The van der Waals surface area contributed by atoms with Crippen LogP contribution in [0.4, 0.5) is 10.8 Å². The van der Waals surface area contributed by atoms with Crippen molar-refractivity contribution in [2.24, 2.45) is 0 Å². The molecule has 0 aliphatic rings. The van der Waals surface area contributed by atoms with Crippen molar-refractivity contribution < 1.29 is 23.8 Å². The van der Waals surface area contributed by atoms with Crippen LogP contribution in [0, 0.1) is 0 Å². The normalized spacial score (nSPS) is 10.7. The lowest BCUT2D eigenvalue weighted by molar-refractivity contribution is -0.114. The summed E-state index contributed by atoms with van der Waals surface area (Å²) in [5.74, 6) is 1.56. The van der Waals surface area contributed by atoms with Crippen LogP contribution in [0.5, 0.6) is 17.2 Å². The summed E-state index contributed by atoms with van der Waals surface area (Å²) in [5.41, 5.74) is 1.46. The van der Waals surface area contributed by atoms with Gasteiger partial charge in [-0.05, 0) is 55.0 Å². The molecule has 178 valence electrons. The van der Waals surface area contributed by atoms with E-state index >= 15 is 0 Å². The van der Waals surface area contributed by atoms with E-state index in [1.165, 1.54) is 29.2 Å². The number of hydrogen-bond donors (Lipinski definition) is 2. The van der Waals surface area contributed by atoms with Crippen molar-refractivity contribution in [2.45, 2.75) is 11.3 Å². The molecule has 0 fully saturated rings. The van der Waals surface area contributed by atoms with Crippen molar-refractivity contribution in [3.8, 4) is 17.2 Å². The van der Waals surface area contributed by atoms with Gasteiger partial charge in [-0.3, -0.25) is 14.9 Å². The average Bonchev–Trinajstić information content (AvgIpc) is 3.29. The molecular formula is C23H24N4O5S2. The lowest BCUT2D eigenvalue weighted by atomic mass is 10.2. The van der Waals surface area contributed by atoms with E-state index in [9.17, 15) is 9.59 Å². The standard InChI is InChI=1S/C23H24N4O5S2/c1-4-32-17-9-7-16(8-10-17)24-21(29)14-33-23-27-26-22(34-23)25-20(28)12-6-15-5-11-18(30-2)19(13-15)31-3/h5-13H,4,14H2,1-3H3,(H,24,29)(H,25,26,28)/b12-6+. The fraction of sp³-hybridized carbons (Fsp3) is 0.217.